The van der Waals surface area contributed by atoms with Gasteiger partial charge in [-0.05, 0) is 18.8 Å². The second kappa shape index (κ2) is 6.55. The van der Waals surface area contributed by atoms with Gasteiger partial charge in [0.25, 0.3) is 5.91 Å². The van der Waals surface area contributed by atoms with Crippen LogP contribution in [-0.4, -0.2) is 39.0 Å². The van der Waals surface area contributed by atoms with Gasteiger partial charge in [-0.2, -0.15) is 0 Å². The van der Waals surface area contributed by atoms with Crippen molar-refractivity contribution in [1.82, 2.24) is 25.3 Å². The summed E-state index contributed by atoms with van der Waals surface area (Å²) in [7, 11) is 0. The molecular formula is C18H23N5O2. The lowest BCUT2D eigenvalue weighted by Crippen LogP contribution is -2.32. The first kappa shape index (κ1) is 16.2. The number of carbonyl (C=O) groups is 1. The lowest BCUT2D eigenvalue weighted by molar-refractivity contribution is 0.0687. The second-order valence-corrected chi connectivity index (χ2v) is 7.05. The Morgan fingerprint density at radius 3 is 3.12 bits per heavy atom. The molecule has 0 radical (unpaired) electrons. The van der Waals surface area contributed by atoms with Crippen molar-refractivity contribution in [1.29, 1.82) is 0 Å². The molecule has 1 amide bonds. The second-order valence-electron chi connectivity index (χ2n) is 7.05. The van der Waals surface area contributed by atoms with Gasteiger partial charge in [-0.1, -0.05) is 19.0 Å². The molecule has 7 heteroatoms. The number of hydrogen-bond donors (Lipinski definition) is 1. The Hall–Kier alpha value is -2.28. The van der Waals surface area contributed by atoms with Gasteiger partial charge in [-0.15, -0.1) is 0 Å². The first-order valence-electron chi connectivity index (χ1n) is 8.96. The van der Waals surface area contributed by atoms with E-state index >= 15 is 0 Å². The first-order chi connectivity index (χ1) is 12.1. The van der Waals surface area contributed by atoms with E-state index in [0.717, 1.165) is 55.1 Å². The number of amides is 1. The maximum atomic E-state index is 12.9. The molecule has 0 aliphatic carbocycles. The Balaban J connectivity index is 1.58. The van der Waals surface area contributed by atoms with E-state index in [4.69, 9.17) is 9.51 Å². The number of fused-ring (bicyclic) bond motifs is 1. The fourth-order valence-corrected chi connectivity index (χ4v) is 3.49. The van der Waals surface area contributed by atoms with Gasteiger partial charge in [0.15, 0.2) is 5.82 Å². The summed E-state index contributed by atoms with van der Waals surface area (Å²) < 4.78 is 5.28. The Bertz CT molecular complexity index is 786. The van der Waals surface area contributed by atoms with Gasteiger partial charge in [0, 0.05) is 49.6 Å². The number of carbonyl (C=O) groups excluding carboxylic acids is 1. The van der Waals surface area contributed by atoms with Gasteiger partial charge >= 0.3 is 0 Å². The van der Waals surface area contributed by atoms with Crippen LogP contribution in [0.2, 0.25) is 0 Å². The summed E-state index contributed by atoms with van der Waals surface area (Å²) in [6.45, 7) is 6.51. The smallest absolute Gasteiger partial charge is 0.293 e. The number of nitrogens with one attached hydrogen (secondary N) is 1. The van der Waals surface area contributed by atoms with E-state index in [2.05, 4.69) is 15.5 Å². The van der Waals surface area contributed by atoms with Gasteiger partial charge in [-0.25, -0.2) is 9.97 Å². The zero-order valence-corrected chi connectivity index (χ0v) is 14.7. The highest BCUT2D eigenvalue weighted by Crippen LogP contribution is 2.32. The maximum Gasteiger partial charge on any atom is 0.293 e. The molecule has 1 saturated heterocycles. The molecule has 0 saturated carbocycles. The summed E-state index contributed by atoms with van der Waals surface area (Å²) in [4.78, 5) is 24.0. The predicted octanol–water partition coefficient (Wildman–Crippen LogP) is 2.21. The van der Waals surface area contributed by atoms with Crippen molar-refractivity contribution in [2.24, 2.45) is 0 Å². The van der Waals surface area contributed by atoms with Crippen molar-refractivity contribution in [3.63, 3.8) is 0 Å². The molecule has 1 atom stereocenters. The van der Waals surface area contributed by atoms with Gasteiger partial charge in [0.1, 0.15) is 0 Å². The van der Waals surface area contributed by atoms with Crippen LogP contribution in [0.25, 0.3) is 0 Å². The standard InChI is InChI=1S/C18H23N5O2/c1-11(2)14-8-16(25-22-14)18(24)23-7-3-4-15(23)17-20-10-12-9-19-6-5-13(12)21-17/h8,10-11,15,19H,3-7,9H2,1-2H3/t15-/m0/s1. The van der Waals surface area contributed by atoms with Gasteiger partial charge in [0.2, 0.25) is 5.76 Å². The zero-order chi connectivity index (χ0) is 17.4. The van der Waals surface area contributed by atoms with Crippen molar-refractivity contribution in [2.75, 3.05) is 13.1 Å². The molecule has 0 spiro atoms. The molecule has 0 aromatic carbocycles. The molecule has 1 N–H and O–H groups in total. The number of rotatable bonds is 3. The molecule has 4 heterocycles. The molecule has 0 bridgehead atoms. The lowest BCUT2D eigenvalue weighted by Gasteiger charge is -2.24. The minimum atomic E-state index is -0.120. The summed E-state index contributed by atoms with van der Waals surface area (Å²) in [6, 6.07) is 1.67. The topological polar surface area (TPSA) is 84.2 Å². The monoisotopic (exact) mass is 341 g/mol. The molecule has 25 heavy (non-hydrogen) atoms. The molecule has 7 nitrogen and oxygen atoms in total. The van der Waals surface area contributed by atoms with Crippen LogP contribution >= 0.6 is 0 Å². The molecule has 132 valence electrons. The zero-order valence-electron chi connectivity index (χ0n) is 14.7. The van der Waals surface area contributed by atoms with E-state index in [1.807, 2.05) is 24.9 Å². The third kappa shape index (κ3) is 3.04. The summed E-state index contributed by atoms with van der Waals surface area (Å²) in [6.07, 6.45) is 4.64. The fraction of sp³-hybridized carbons (Fsp3) is 0.556. The van der Waals surface area contributed by atoms with Crippen molar-refractivity contribution < 1.29 is 9.32 Å². The highest BCUT2D eigenvalue weighted by atomic mass is 16.5. The van der Waals surface area contributed by atoms with Gasteiger partial charge in [0.05, 0.1) is 11.7 Å². The van der Waals surface area contributed by atoms with E-state index in [0.29, 0.717) is 12.3 Å². The van der Waals surface area contributed by atoms with Crippen LogP contribution < -0.4 is 5.32 Å². The van der Waals surface area contributed by atoms with Crippen molar-refractivity contribution in [2.45, 2.75) is 51.6 Å². The van der Waals surface area contributed by atoms with Crippen molar-refractivity contribution >= 4 is 5.91 Å². The average Bonchev–Trinajstić information content (AvgIpc) is 3.30. The van der Waals surface area contributed by atoms with Crippen LogP contribution in [0, 0.1) is 0 Å². The average molecular weight is 341 g/mol. The summed E-state index contributed by atoms with van der Waals surface area (Å²) in [5.41, 5.74) is 3.06. The van der Waals surface area contributed by atoms with Crippen LogP contribution in [-0.2, 0) is 13.0 Å². The van der Waals surface area contributed by atoms with E-state index in [1.165, 1.54) is 0 Å². The highest BCUT2D eigenvalue weighted by molar-refractivity contribution is 5.92. The Morgan fingerprint density at radius 2 is 2.32 bits per heavy atom. The summed E-state index contributed by atoms with van der Waals surface area (Å²) >= 11 is 0. The fourth-order valence-electron chi connectivity index (χ4n) is 3.49. The Kier molecular flexibility index (Phi) is 4.25. The normalized spacial score (nSPS) is 20.1. The maximum absolute atomic E-state index is 12.9. The SMILES string of the molecule is CC(C)c1cc(C(=O)N2CCC[C@H]2c2ncc3c(n2)CCNC3)on1. The minimum absolute atomic E-state index is 0.0831. The molecule has 2 aromatic heterocycles. The molecule has 2 aliphatic rings. The lowest BCUT2D eigenvalue weighted by atomic mass is 10.1. The van der Waals surface area contributed by atoms with E-state index in [1.54, 1.807) is 6.07 Å². The number of likely N-dealkylation sites (tertiary alicyclic amines) is 1. The third-order valence-electron chi connectivity index (χ3n) is 4.97. The van der Waals surface area contributed by atoms with Crippen LogP contribution in [0.1, 0.15) is 72.0 Å². The highest BCUT2D eigenvalue weighted by Gasteiger charge is 2.34. The first-order valence-corrected chi connectivity index (χ1v) is 8.96. The third-order valence-corrected chi connectivity index (χ3v) is 4.97. The van der Waals surface area contributed by atoms with Gasteiger partial charge in [-0.3, -0.25) is 4.79 Å². The number of nitrogens with zero attached hydrogens (tertiary/aromatic N) is 4. The van der Waals surface area contributed by atoms with Crippen LogP contribution in [0.5, 0.6) is 0 Å². The quantitative estimate of drug-likeness (QED) is 0.921. The number of aromatic nitrogens is 3. The van der Waals surface area contributed by atoms with E-state index < -0.39 is 0 Å². The van der Waals surface area contributed by atoms with E-state index in [-0.39, 0.29) is 17.9 Å². The molecule has 4 rings (SSSR count). The van der Waals surface area contributed by atoms with Crippen molar-refractivity contribution in [3.8, 4) is 0 Å². The largest absolute Gasteiger partial charge is 0.351 e. The Labute approximate surface area is 146 Å². The molecular weight excluding hydrogens is 318 g/mol. The van der Waals surface area contributed by atoms with Crippen LogP contribution in [0.3, 0.4) is 0 Å². The van der Waals surface area contributed by atoms with Crippen LogP contribution in [0.15, 0.2) is 16.8 Å². The van der Waals surface area contributed by atoms with E-state index in [9.17, 15) is 4.79 Å². The summed E-state index contributed by atoms with van der Waals surface area (Å²) in [5, 5.41) is 7.33. The summed E-state index contributed by atoms with van der Waals surface area (Å²) in [5.74, 6) is 1.16. The van der Waals surface area contributed by atoms with Crippen molar-refractivity contribution in [3.05, 3.63) is 40.8 Å². The molecule has 2 aliphatic heterocycles. The number of hydrogen-bond acceptors (Lipinski definition) is 6. The van der Waals surface area contributed by atoms with Gasteiger partial charge < -0.3 is 14.7 Å². The minimum Gasteiger partial charge on any atom is -0.351 e. The molecule has 2 aromatic rings. The Morgan fingerprint density at radius 1 is 1.44 bits per heavy atom. The predicted molar refractivity (Wildman–Crippen MR) is 91.0 cm³/mol. The molecule has 1 fully saturated rings. The van der Waals surface area contributed by atoms with Crippen LogP contribution in [0.4, 0.5) is 0 Å². The molecule has 0 unspecified atom stereocenters.